The fraction of sp³-hybridized carbons (Fsp3) is 0.438. The molecule has 0 aliphatic rings. The molecule has 0 saturated carbocycles. The Morgan fingerprint density at radius 2 is 1.81 bits per heavy atom. The topological polar surface area (TPSA) is 34.6 Å². The number of ether oxygens (including phenoxy) is 2. The molecule has 1 heterocycles. The number of rotatable bonds is 5. The Morgan fingerprint density at radius 3 is 2.38 bits per heavy atom. The summed E-state index contributed by atoms with van der Waals surface area (Å²) in [5.74, 6) is 2.37. The van der Waals surface area contributed by atoms with Gasteiger partial charge in [0.15, 0.2) is 11.5 Å². The number of alkyl halides is 1. The van der Waals surface area contributed by atoms with Gasteiger partial charge >= 0.3 is 0 Å². The van der Waals surface area contributed by atoms with Crippen molar-refractivity contribution >= 4 is 32.5 Å². The van der Waals surface area contributed by atoms with Crippen LogP contribution in [0.1, 0.15) is 13.8 Å². The van der Waals surface area contributed by atoms with Crippen molar-refractivity contribution in [3.8, 4) is 11.5 Å². The molecule has 114 valence electrons. The van der Waals surface area contributed by atoms with Gasteiger partial charge in [0.25, 0.3) is 0 Å². The first-order valence-electron chi connectivity index (χ1n) is 6.75. The fourth-order valence-electron chi connectivity index (χ4n) is 2.13. The fourth-order valence-corrected chi connectivity index (χ4v) is 2.50. The molecule has 21 heavy (non-hydrogen) atoms. The van der Waals surface area contributed by atoms with Crippen LogP contribution in [0.15, 0.2) is 24.4 Å². The molecule has 0 saturated heterocycles. The third kappa shape index (κ3) is 2.93. The van der Waals surface area contributed by atoms with Gasteiger partial charge in [-0.2, -0.15) is 0 Å². The van der Waals surface area contributed by atoms with Gasteiger partial charge in [0.1, 0.15) is 5.82 Å². The van der Waals surface area contributed by atoms with E-state index in [2.05, 4.69) is 46.7 Å². The zero-order valence-corrected chi connectivity index (χ0v) is 14.7. The molecular formula is C16H21BrN2O2. The van der Waals surface area contributed by atoms with E-state index >= 15 is 0 Å². The van der Waals surface area contributed by atoms with Crippen molar-refractivity contribution in [2.45, 2.75) is 19.4 Å². The maximum Gasteiger partial charge on any atom is 0.161 e. The molecule has 0 atom stereocenters. The second kappa shape index (κ2) is 6.10. The van der Waals surface area contributed by atoms with Crippen LogP contribution in [0, 0.1) is 0 Å². The van der Waals surface area contributed by atoms with Crippen LogP contribution in [0.5, 0.6) is 11.5 Å². The van der Waals surface area contributed by atoms with Gasteiger partial charge in [0.2, 0.25) is 0 Å². The predicted molar refractivity (Wildman–Crippen MR) is 91.1 cm³/mol. The lowest BCUT2D eigenvalue weighted by atomic mass is 10.0. The lowest BCUT2D eigenvalue weighted by Gasteiger charge is -2.35. The highest BCUT2D eigenvalue weighted by atomic mass is 79.9. The molecule has 0 fully saturated rings. The number of nitrogens with zero attached hydrogens (tertiary/aromatic N) is 2. The van der Waals surface area contributed by atoms with E-state index in [1.807, 2.05) is 24.4 Å². The van der Waals surface area contributed by atoms with E-state index in [0.717, 1.165) is 27.7 Å². The molecule has 0 unspecified atom stereocenters. The first-order chi connectivity index (χ1) is 9.94. The lowest BCUT2D eigenvalue weighted by molar-refractivity contribution is 0.356. The van der Waals surface area contributed by atoms with Gasteiger partial charge in [0, 0.05) is 29.5 Å². The number of pyridine rings is 1. The minimum absolute atomic E-state index is 0.0472. The van der Waals surface area contributed by atoms with Crippen molar-refractivity contribution in [3.05, 3.63) is 24.4 Å². The Hall–Kier alpha value is -1.49. The van der Waals surface area contributed by atoms with Crippen LogP contribution >= 0.6 is 15.9 Å². The van der Waals surface area contributed by atoms with Gasteiger partial charge in [0.05, 0.1) is 14.2 Å². The number of methoxy groups -OCH3 is 2. The van der Waals surface area contributed by atoms with Crippen LogP contribution < -0.4 is 14.4 Å². The third-order valence-corrected chi connectivity index (χ3v) is 5.17. The predicted octanol–water partition coefficient (Wildman–Crippen LogP) is 3.86. The zero-order valence-electron chi connectivity index (χ0n) is 13.1. The van der Waals surface area contributed by atoms with Crippen LogP contribution in [-0.2, 0) is 0 Å². The van der Waals surface area contributed by atoms with E-state index < -0.39 is 0 Å². The number of aromatic nitrogens is 1. The SMILES string of the molecule is COc1cc2ccnc(N(C)C(C)(C)CBr)c2cc1OC. The zero-order chi connectivity index (χ0) is 15.6. The quantitative estimate of drug-likeness (QED) is 0.765. The second-order valence-electron chi connectivity index (χ2n) is 5.57. The van der Waals surface area contributed by atoms with Crippen LogP contribution in [0.25, 0.3) is 10.8 Å². The average molecular weight is 353 g/mol. The summed E-state index contributed by atoms with van der Waals surface area (Å²) in [7, 11) is 5.34. The minimum atomic E-state index is -0.0472. The van der Waals surface area contributed by atoms with E-state index in [1.165, 1.54) is 0 Å². The third-order valence-electron chi connectivity index (χ3n) is 3.80. The first-order valence-corrected chi connectivity index (χ1v) is 7.87. The summed E-state index contributed by atoms with van der Waals surface area (Å²) in [5.41, 5.74) is -0.0472. The van der Waals surface area contributed by atoms with Gasteiger partial charge in [-0.25, -0.2) is 4.98 Å². The number of halogens is 1. The van der Waals surface area contributed by atoms with Crippen molar-refractivity contribution in [1.29, 1.82) is 0 Å². The summed E-state index contributed by atoms with van der Waals surface area (Å²) in [6.07, 6.45) is 1.82. The molecule has 4 nitrogen and oxygen atoms in total. The number of anilines is 1. The van der Waals surface area contributed by atoms with Gasteiger partial charge in [-0.3, -0.25) is 0 Å². The summed E-state index contributed by atoms with van der Waals surface area (Å²) < 4.78 is 10.8. The highest BCUT2D eigenvalue weighted by Crippen LogP contribution is 2.36. The molecule has 0 aliphatic carbocycles. The van der Waals surface area contributed by atoms with Crippen molar-refractivity contribution in [3.63, 3.8) is 0 Å². The normalized spacial score (nSPS) is 11.5. The number of benzene rings is 1. The Bertz CT molecular complexity index is 643. The minimum Gasteiger partial charge on any atom is -0.493 e. The van der Waals surface area contributed by atoms with E-state index in [9.17, 15) is 0 Å². The van der Waals surface area contributed by atoms with Crippen molar-refractivity contribution in [2.24, 2.45) is 0 Å². The van der Waals surface area contributed by atoms with Crippen LogP contribution in [0.3, 0.4) is 0 Å². The maximum atomic E-state index is 5.41. The number of fused-ring (bicyclic) bond motifs is 1. The van der Waals surface area contributed by atoms with Crippen molar-refractivity contribution in [2.75, 3.05) is 31.5 Å². The number of hydrogen-bond acceptors (Lipinski definition) is 4. The molecule has 0 N–H and O–H groups in total. The van der Waals surface area contributed by atoms with Gasteiger partial charge in [-0.05, 0) is 37.4 Å². The van der Waals surface area contributed by atoms with Crippen molar-refractivity contribution < 1.29 is 9.47 Å². The Labute approximate surface area is 134 Å². The van der Waals surface area contributed by atoms with Crippen molar-refractivity contribution in [1.82, 2.24) is 4.98 Å². The molecule has 0 bridgehead atoms. The molecule has 1 aromatic heterocycles. The summed E-state index contributed by atoms with van der Waals surface area (Å²) >= 11 is 3.57. The molecular weight excluding hydrogens is 332 g/mol. The largest absolute Gasteiger partial charge is 0.493 e. The van der Waals surface area contributed by atoms with Gasteiger partial charge in [-0.1, -0.05) is 15.9 Å². The Kier molecular flexibility index (Phi) is 4.61. The Morgan fingerprint density at radius 1 is 1.19 bits per heavy atom. The molecule has 1 aromatic carbocycles. The lowest BCUT2D eigenvalue weighted by Crippen LogP contribution is -2.43. The van der Waals surface area contributed by atoms with E-state index in [-0.39, 0.29) is 5.54 Å². The Balaban J connectivity index is 2.65. The maximum absolute atomic E-state index is 5.41. The molecule has 2 aromatic rings. The average Bonchev–Trinajstić information content (AvgIpc) is 2.51. The summed E-state index contributed by atoms with van der Waals surface area (Å²) in [6.45, 7) is 4.34. The second-order valence-corrected chi connectivity index (χ2v) is 6.13. The monoisotopic (exact) mass is 352 g/mol. The first kappa shape index (κ1) is 15.9. The molecule has 0 amide bonds. The molecule has 2 rings (SSSR count). The highest BCUT2D eigenvalue weighted by molar-refractivity contribution is 9.09. The summed E-state index contributed by atoms with van der Waals surface area (Å²) in [6, 6.07) is 5.95. The van der Waals surface area contributed by atoms with Gasteiger partial charge in [-0.15, -0.1) is 0 Å². The van der Waals surface area contributed by atoms with E-state index in [4.69, 9.17) is 9.47 Å². The summed E-state index contributed by atoms with van der Waals surface area (Å²) in [5, 5.41) is 2.98. The number of hydrogen-bond donors (Lipinski definition) is 0. The highest BCUT2D eigenvalue weighted by Gasteiger charge is 2.25. The molecule has 0 spiro atoms. The van der Waals surface area contributed by atoms with E-state index in [0.29, 0.717) is 5.75 Å². The summed E-state index contributed by atoms with van der Waals surface area (Å²) in [4.78, 5) is 6.74. The van der Waals surface area contributed by atoms with Crippen LogP contribution in [-0.4, -0.2) is 37.1 Å². The van der Waals surface area contributed by atoms with Crippen LogP contribution in [0.2, 0.25) is 0 Å². The van der Waals surface area contributed by atoms with Crippen LogP contribution in [0.4, 0.5) is 5.82 Å². The molecule has 0 radical (unpaired) electrons. The van der Waals surface area contributed by atoms with Gasteiger partial charge < -0.3 is 14.4 Å². The molecule has 0 aliphatic heterocycles. The smallest absolute Gasteiger partial charge is 0.161 e. The molecule has 5 heteroatoms. The van der Waals surface area contributed by atoms with E-state index in [1.54, 1.807) is 14.2 Å². The standard InChI is InChI=1S/C16H21BrN2O2/c1-16(2,10-17)19(3)15-12-9-14(21-5)13(20-4)8-11(12)6-7-18-15/h6-9H,10H2,1-5H3.